The monoisotopic (exact) mass is 502 g/mol. The number of carbonyl (C=O) groups is 3. The average Bonchev–Trinajstić information content (AvgIpc) is 2.63. The Morgan fingerprint density at radius 2 is 1.50 bits per heavy atom. The molecule has 0 radical (unpaired) electrons. The number of nitrogens with one attached hydrogen (secondary N) is 1. The zero-order valence-corrected chi connectivity index (χ0v) is 22.0. The van der Waals surface area contributed by atoms with Gasteiger partial charge in [-0.2, -0.15) is 0 Å². The molecule has 0 saturated heterocycles. The summed E-state index contributed by atoms with van der Waals surface area (Å²) in [6.45, 7) is 12.9. The van der Waals surface area contributed by atoms with Crippen LogP contribution in [0.2, 0.25) is 18.1 Å². The number of ether oxygens (including phenoxy) is 4. The van der Waals surface area contributed by atoms with E-state index < -0.39 is 56.3 Å². The predicted molar refractivity (Wildman–Crippen MR) is 122 cm³/mol. The largest absolute Gasteiger partial charge is 0.458 e. The molecule has 0 aliphatic rings. The van der Waals surface area contributed by atoms with E-state index in [9.17, 15) is 24.0 Å². The molecule has 1 aromatic rings. The lowest BCUT2D eigenvalue weighted by molar-refractivity contribution is -0.300. The first-order chi connectivity index (χ1) is 15.4. The van der Waals surface area contributed by atoms with Gasteiger partial charge in [0.25, 0.3) is 5.56 Å². The van der Waals surface area contributed by atoms with Crippen molar-refractivity contribution < 1.29 is 37.8 Å². The highest BCUT2D eigenvalue weighted by Crippen LogP contribution is 2.36. The van der Waals surface area contributed by atoms with Crippen LogP contribution in [0.3, 0.4) is 0 Å². The predicted octanol–water partition coefficient (Wildman–Crippen LogP) is 1.93. The first-order valence-corrected chi connectivity index (χ1v) is 13.5. The summed E-state index contributed by atoms with van der Waals surface area (Å²) in [7, 11) is -2.23. The molecule has 0 aliphatic heterocycles. The highest BCUT2D eigenvalue weighted by atomic mass is 28.4. The van der Waals surface area contributed by atoms with Crippen molar-refractivity contribution in [2.45, 2.75) is 92.0 Å². The van der Waals surface area contributed by atoms with Gasteiger partial charge in [0.05, 0.1) is 12.2 Å². The highest BCUT2D eigenvalue weighted by Gasteiger charge is 2.37. The third-order valence-corrected chi connectivity index (χ3v) is 9.72. The van der Waals surface area contributed by atoms with Crippen molar-refractivity contribution in [3.05, 3.63) is 32.6 Å². The molecular weight excluding hydrogens is 468 g/mol. The van der Waals surface area contributed by atoms with E-state index >= 15 is 0 Å². The molecule has 2 atom stereocenters. The second-order valence-electron chi connectivity index (χ2n) is 9.22. The third kappa shape index (κ3) is 8.54. The Labute approximate surface area is 198 Å². The molecule has 0 aliphatic carbocycles. The molecule has 1 rings (SSSR count). The molecule has 0 amide bonds. The summed E-state index contributed by atoms with van der Waals surface area (Å²) in [6, 6.07) is 0. The average molecular weight is 503 g/mol. The summed E-state index contributed by atoms with van der Waals surface area (Å²) in [5.74, 6) is -2.35. The number of hydrogen-bond acceptors (Lipinski definition) is 10. The van der Waals surface area contributed by atoms with Crippen LogP contribution in [0.15, 0.2) is 15.8 Å². The molecule has 34 heavy (non-hydrogen) atoms. The van der Waals surface area contributed by atoms with Crippen molar-refractivity contribution in [2.75, 3.05) is 0 Å². The second-order valence-corrected chi connectivity index (χ2v) is 14.0. The highest BCUT2D eigenvalue weighted by molar-refractivity contribution is 6.74. The van der Waals surface area contributed by atoms with Gasteiger partial charge in [0.2, 0.25) is 0 Å². The molecule has 0 spiro atoms. The number of rotatable bonds is 10. The summed E-state index contributed by atoms with van der Waals surface area (Å²) in [5, 5.41) is -0.120. The lowest BCUT2D eigenvalue weighted by Gasteiger charge is -2.36. The van der Waals surface area contributed by atoms with Crippen LogP contribution in [0.5, 0.6) is 0 Å². The Balaban J connectivity index is 3.44. The number of aromatic amines is 1. The molecule has 1 unspecified atom stereocenters. The third-order valence-electron chi connectivity index (χ3n) is 5.24. The van der Waals surface area contributed by atoms with Gasteiger partial charge in [-0.3, -0.25) is 33.5 Å². The molecule has 0 fully saturated rings. The SMILES string of the molecule is CC(=O)OC(OC(C)=O)O[C@H](C(C)OC(C)=O)n1cc(CO[Si](C)(C)C(C)(C)C)c(=O)[nH]c1=O. The van der Waals surface area contributed by atoms with E-state index in [1.165, 1.54) is 13.1 Å². The topological polar surface area (TPSA) is 152 Å². The maximum Gasteiger partial charge on any atom is 0.367 e. The summed E-state index contributed by atoms with van der Waals surface area (Å²) >= 11 is 0. The maximum atomic E-state index is 12.6. The van der Waals surface area contributed by atoms with Crippen LogP contribution in [0.1, 0.15) is 60.3 Å². The number of aromatic nitrogens is 2. The van der Waals surface area contributed by atoms with Crippen LogP contribution in [0, 0.1) is 0 Å². The number of H-pyrrole nitrogens is 1. The van der Waals surface area contributed by atoms with Crippen LogP contribution in [0.4, 0.5) is 0 Å². The van der Waals surface area contributed by atoms with Gasteiger partial charge in [-0.25, -0.2) is 4.79 Å². The van der Waals surface area contributed by atoms with Crippen molar-refractivity contribution in [1.82, 2.24) is 9.55 Å². The fourth-order valence-corrected chi connectivity index (χ4v) is 3.43. The number of carbonyl (C=O) groups excluding carboxylic acids is 3. The number of esters is 3. The van der Waals surface area contributed by atoms with Gasteiger partial charge in [0, 0.05) is 27.0 Å². The summed E-state index contributed by atoms with van der Waals surface area (Å²) in [4.78, 5) is 61.6. The quantitative estimate of drug-likeness (QED) is 0.285. The van der Waals surface area contributed by atoms with Crippen LogP contribution in [-0.4, -0.2) is 48.4 Å². The van der Waals surface area contributed by atoms with E-state index in [1.54, 1.807) is 0 Å². The second kappa shape index (κ2) is 11.6. The zero-order valence-electron chi connectivity index (χ0n) is 21.0. The summed E-state index contributed by atoms with van der Waals surface area (Å²) in [5.41, 5.74) is -1.44. The first kappa shape index (κ1) is 29.3. The van der Waals surface area contributed by atoms with Gasteiger partial charge < -0.3 is 18.6 Å². The zero-order chi connectivity index (χ0) is 26.4. The Morgan fingerprint density at radius 3 is 1.94 bits per heavy atom. The van der Waals surface area contributed by atoms with E-state index in [0.717, 1.165) is 25.3 Å². The van der Waals surface area contributed by atoms with Crippen molar-refractivity contribution in [3.63, 3.8) is 0 Å². The Bertz CT molecular complexity index is 992. The summed E-state index contributed by atoms with van der Waals surface area (Å²) in [6.07, 6.45) is -1.36. The van der Waals surface area contributed by atoms with Gasteiger partial charge >= 0.3 is 30.1 Å². The minimum absolute atomic E-state index is 0.0852. The van der Waals surface area contributed by atoms with Gasteiger partial charge in [0.15, 0.2) is 14.5 Å². The van der Waals surface area contributed by atoms with Gasteiger partial charge in [-0.15, -0.1) is 0 Å². The molecular formula is C21H34N2O10Si. The normalized spacial score (nSPS) is 13.8. The fourth-order valence-electron chi connectivity index (χ4n) is 2.48. The van der Waals surface area contributed by atoms with Gasteiger partial charge in [0.1, 0.15) is 6.10 Å². The molecule has 0 aromatic carbocycles. The lowest BCUT2D eigenvalue weighted by atomic mass is 10.2. The van der Waals surface area contributed by atoms with Crippen molar-refractivity contribution in [2.24, 2.45) is 0 Å². The van der Waals surface area contributed by atoms with E-state index in [1.807, 2.05) is 33.9 Å². The van der Waals surface area contributed by atoms with Crippen LogP contribution < -0.4 is 11.2 Å². The molecule has 1 heterocycles. The summed E-state index contributed by atoms with van der Waals surface area (Å²) < 4.78 is 27.4. The lowest BCUT2D eigenvalue weighted by Crippen LogP contribution is -2.43. The molecule has 13 heteroatoms. The van der Waals surface area contributed by atoms with E-state index in [0.29, 0.717) is 0 Å². The van der Waals surface area contributed by atoms with Crippen LogP contribution in [-0.2, 0) is 44.4 Å². The molecule has 0 bridgehead atoms. The smallest absolute Gasteiger partial charge is 0.367 e. The molecule has 192 valence electrons. The molecule has 1 aromatic heterocycles. The molecule has 12 nitrogen and oxygen atoms in total. The standard InChI is InChI=1S/C21H34N2O10Si/c1-12(30-13(2)24)18(33-20(31-14(3)25)32-15(4)26)23-10-16(17(27)22-19(23)28)11-29-34(8,9)21(5,6)7/h10,12,18,20H,11H2,1-9H3,(H,22,27,28)/t12?,18-/m1/s1. The van der Waals surface area contributed by atoms with Gasteiger partial charge in [-0.05, 0) is 25.1 Å². The van der Waals surface area contributed by atoms with Crippen LogP contribution in [0.25, 0.3) is 0 Å². The minimum Gasteiger partial charge on any atom is -0.458 e. The van der Waals surface area contributed by atoms with Crippen LogP contribution >= 0.6 is 0 Å². The van der Waals surface area contributed by atoms with Crippen molar-refractivity contribution in [3.8, 4) is 0 Å². The number of nitrogens with zero attached hydrogens (tertiary/aromatic N) is 1. The van der Waals surface area contributed by atoms with Crippen molar-refractivity contribution in [1.29, 1.82) is 0 Å². The maximum absolute atomic E-state index is 12.6. The van der Waals surface area contributed by atoms with E-state index in [-0.39, 0.29) is 17.2 Å². The molecule has 1 N–H and O–H groups in total. The molecule has 0 saturated carbocycles. The Morgan fingerprint density at radius 1 is 1.00 bits per heavy atom. The first-order valence-electron chi connectivity index (χ1n) is 10.6. The van der Waals surface area contributed by atoms with E-state index in [4.69, 9.17) is 23.4 Å². The Kier molecular flexibility index (Phi) is 9.96. The Hall–Kier alpha value is -2.77. The number of hydrogen-bond donors (Lipinski definition) is 1. The minimum atomic E-state index is -2.23. The van der Waals surface area contributed by atoms with E-state index in [2.05, 4.69) is 4.98 Å². The fraction of sp³-hybridized carbons (Fsp3) is 0.667. The van der Waals surface area contributed by atoms with Gasteiger partial charge in [-0.1, -0.05) is 20.8 Å². The van der Waals surface area contributed by atoms with Crippen molar-refractivity contribution >= 4 is 26.2 Å².